The summed E-state index contributed by atoms with van der Waals surface area (Å²) in [5.41, 5.74) is 6.03. The summed E-state index contributed by atoms with van der Waals surface area (Å²) in [6, 6.07) is 22.5. The third-order valence-electron chi connectivity index (χ3n) is 13.2. The second-order valence-electron chi connectivity index (χ2n) is 17.1. The maximum atomic E-state index is 15.7. The molecular formula is C44H56N6O5S. The first-order chi connectivity index (χ1) is 26.8. The Balaban J connectivity index is 1.27. The zero-order chi connectivity index (χ0) is 39.5. The first-order valence-electron chi connectivity index (χ1n) is 20.2. The van der Waals surface area contributed by atoms with Crippen LogP contribution in [0, 0.1) is 5.41 Å². The van der Waals surface area contributed by atoms with Crippen molar-refractivity contribution in [2.24, 2.45) is 5.41 Å². The number of carbonyl (C=O) groups is 2. The fourth-order valence-corrected chi connectivity index (χ4v) is 10.7. The van der Waals surface area contributed by atoms with Crippen LogP contribution < -0.4 is 9.46 Å². The summed E-state index contributed by atoms with van der Waals surface area (Å²) < 4.78 is 36.8. The standard InChI is InChI=1S/C44H56N6O5S/c1-29-38-22-35(55-6)18-20-36(38)41-40(31-15-11-8-12-16-31)37-19-17-32(42(51)45-56(53,54)46(3)4)21-39(37)49(41)28-44(29,2)43(52)50-33-24-47(5)25-34(50)27-48(26-33)23-30-13-9-7-10-14-30/h7,9-10,13-14,17-22,29,31,33-34H,8,11-12,15-16,23-28H2,1-6H3,(H,45,51). The summed E-state index contributed by atoms with van der Waals surface area (Å²) in [5, 5.41) is 1.05. The predicted molar refractivity (Wildman–Crippen MR) is 220 cm³/mol. The fraction of sp³-hybridized carbons (Fsp3) is 0.500. The Morgan fingerprint density at radius 2 is 1.62 bits per heavy atom. The quantitative estimate of drug-likeness (QED) is 0.232. The highest BCUT2D eigenvalue weighted by molar-refractivity contribution is 7.87. The van der Waals surface area contributed by atoms with E-state index >= 15 is 4.79 Å². The van der Waals surface area contributed by atoms with Crippen molar-refractivity contribution in [2.75, 3.05) is 54.4 Å². The van der Waals surface area contributed by atoms with E-state index in [1.54, 1.807) is 13.2 Å². The van der Waals surface area contributed by atoms with E-state index in [4.69, 9.17) is 4.74 Å². The minimum Gasteiger partial charge on any atom is -0.497 e. The van der Waals surface area contributed by atoms with Crippen LogP contribution in [-0.4, -0.2) is 110 Å². The lowest BCUT2D eigenvalue weighted by Crippen LogP contribution is -2.71. The molecule has 3 aromatic carbocycles. The molecule has 4 aromatic rings. The number of carbonyl (C=O) groups excluding carboxylic acids is 2. The molecule has 12 heteroatoms. The van der Waals surface area contributed by atoms with Crippen molar-refractivity contribution in [1.29, 1.82) is 0 Å². The van der Waals surface area contributed by atoms with Gasteiger partial charge in [0.2, 0.25) is 5.91 Å². The van der Waals surface area contributed by atoms with Crippen LogP contribution in [0.4, 0.5) is 0 Å². The number of nitrogens with zero attached hydrogens (tertiary/aromatic N) is 5. The van der Waals surface area contributed by atoms with Gasteiger partial charge in [0.25, 0.3) is 5.91 Å². The molecular weight excluding hydrogens is 725 g/mol. The van der Waals surface area contributed by atoms with E-state index in [2.05, 4.69) is 87.3 Å². The smallest absolute Gasteiger partial charge is 0.303 e. The van der Waals surface area contributed by atoms with E-state index in [1.807, 2.05) is 18.2 Å². The van der Waals surface area contributed by atoms with Crippen LogP contribution in [0.3, 0.4) is 0 Å². The van der Waals surface area contributed by atoms with Crippen molar-refractivity contribution in [1.82, 2.24) is 28.3 Å². The van der Waals surface area contributed by atoms with Crippen molar-refractivity contribution in [3.05, 3.63) is 89.0 Å². The van der Waals surface area contributed by atoms with Gasteiger partial charge in [0.15, 0.2) is 0 Å². The Labute approximate surface area is 331 Å². The van der Waals surface area contributed by atoms with Gasteiger partial charge in [-0.2, -0.15) is 12.7 Å². The summed E-state index contributed by atoms with van der Waals surface area (Å²) in [7, 11) is 2.63. The van der Waals surface area contributed by atoms with Crippen LogP contribution >= 0.6 is 0 Å². The highest BCUT2D eigenvalue weighted by Gasteiger charge is 2.52. The fourth-order valence-electron chi connectivity index (χ4n) is 10.2. The van der Waals surface area contributed by atoms with Gasteiger partial charge in [-0.05, 0) is 85.7 Å². The Hall–Kier alpha value is -4.23. The highest BCUT2D eigenvalue weighted by atomic mass is 32.2. The second kappa shape index (κ2) is 14.9. The molecule has 3 aliphatic heterocycles. The van der Waals surface area contributed by atoms with E-state index in [-0.39, 0.29) is 29.5 Å². The zero-order valence-corrected chi connectivity index (χ0v) is 34.4. The van der Waals surface area contributed by atoms with Gasteiger partial charge in [0.1, 0.15) is 5.75 Å². The maximum absolute atomic E-state index is 15.7. The molecule has 11 nitrogen and oxygen atoms in total. The van der Waals surface area contributed by atoms with Gasteiger partial charge in [-0.25, -0.2) is 4.72 Å². The van der Waals surface area contributed by atoms with Crippen LogP contribution in [0.25, 0.3) is 22.2 Å². The van der Waals surface area contributed by atoms with Gasteiger partial charge in [0.05, 0.1) is 30.3 Å². The van der Waals surface area contributed by atoms with E-state index in [0.717, 1.165) is 96.2 Å². The minimum atomic E-state index is -4.01. The molecule has 4 heterocycles. The molecule has 1 saturated carbocycles. The Bertz CT molecular complexity index is 2230. The zero-order valence-electron chi connectivity index (χ0n) is 33.6. The van der Waals surface area contributed by atoms with Crippen molar-refractivity contribution < 1.29 is 22.7 Å². The van der Waals surface area contributed by atoms with Crippen LogP contribution in [0.15, 0.2) is 66.7 Å². The lowest BCUT2D eigenvalue weighted by molar-refractivity contribution is -0.158. The molecule has 1 N–H and O–H groups in total. The van der Waals surface area contributed by atoms with Crippen molar-refractivity contribution in [3.8, 4) is 17.0 Å². The molecule has 8 rings (SSSR count). The second-order valence-corrected chi connectivity index (χ2v) is 19.0. The number of benzene rings is 3. The van der Waals surface area contributed by atoms with E-state index < -0.39 is 21.5 Å². The monoisotopic (exact) mass is 780 g/mol. The van der Waals surface area contributed by atoms with Gasteiger partial charge in [0, 0.05) is 75.4 Å². The van der Waals surface area contributed by atoms with Crippen LogP contribution in [-0.2, 0) is 28.1 Å². The summed E-state index contributed by atoms with van der Waals surface area (Å²) in [6.07, 6.45) is 5.64. The topological polar surface area (TPSA) is 107 Å². The molecule has 1 aliphatic carbocycles. The molecule has 2 bridgehead atoms. The molecule has 0 radical (unpaired) electrons. The van der Waals surface area contributed by atoms with Crippen molar-refractivity contribution in [3.63, 3.8) is 0 Å². The molecule has 298 valence electrons. The van der Waals surface area contributed by atoms with E-state index in [9.17, 15) is 13.2 Å². The third kappa shape index (κ3) is 6.82. The summed E-state index contributed by atoms with van der Waals surface area (Å²) in [5.74, 6) is 0.358. The number of fused-ring (bicyclic) bond motifs is 7. The molecule has 1 aromatic heterocycles. The number of hydrogen-bond donors (Lipinski definition) is 1. The molecule has 4 unspecified atom stereocenters. The number of aromatic nitrogens is 1. The van der Waals surface area contributed by atoms with Crippen LogP contribution in [0.1, 0.15) is 84.8 Å². The minimum absolute atomic E-state index is 0.0355. The third-order valence-corrected chi connectivity index (χ3v) is 14.7. The molecule has 3 fully saturated rings. The lowest BCUT2D eigenvalue weighted by atomic mass is 9.71. The average molecular weight is 781 g/mol. The highest BCUT2D eigenvalue weighted by Crippen LogP contribution is 2.53. The number of methoxy groups -OCH3 is 1. The normalized spacial score (nSPS) is 24.8. The van der Waals surface area contributed by atoms with E-state index in [1.165, 1.54) is 31.6 Å². The predicted octanol–water partition coefficient (Wildman–Crippen LogP) is 6.05. The first kappa shape index (κ1) is 38.6. The van der Waals surface area contributed by atoms with Crippen LogP contribution in [0.2, 0.25) is 0 Å². The number of hydrogen-bond acceptors (Lipinski definition) is 7. The van der Waals surface area contributed by atoms with Crippen molar-refractivity contribution in [2.45, 2.75) is 83.0 Å². The number of amides is 2. The van der Waals surface area contributed by atoms with E-state index in [0.29, 0.717) is 12.5 Å². The van der Waals surface area contributed by atoms with Crippen LogP contribution in [0.5, 0.6) is 5.75 Å². The first-order valence-corrected chi connectivity index (χ1v) is 21.6. The number of piperazine rings is 2. The lowest BCUT2D eigenvalue weighted by Gasteiger charge is -2.55. The number of nitrogens with one attached hydrogen (secondary N) is 1. The Kier molecular flexibility index (Phi) is 10.3. The summed E-state index contributed by atoms with van der Waals surface area (Å²) >= 11 is 0. The van der Waals surface area contributed by atoms with Gasteiger partial charge in [-0.15, -0.1) is 0 Å². The Morgan fingerprint density at radius 1 is 0.929 bits per heavy atom. The summed E-state index contributed by atoms with van der Waals surface area (Å²) in [6.45, 7) is 8.81. The molecule has 0 spiro atoms. The number of likely N-dealkylation sites (N-methyl/N-ethyl adjacent to an activating group) is 1. The largest absolute Gasteiger partial charge is 0.497 e. The molecule has 2 amide bonds. The SMILES string of the molecule is COc1ccc2c(c1)C(C)C(C)(C(=O)N1C3CN(C)CC1CN(Cc1ccccc1)C3)Cn1c-2c(C2CCCCC2)c2ccc(C(=O)NS(=O)(=O)N(C)C)cc21. The molecule has 4 aliphatic rings. The Morgan fingerprint density at radius 3 is 2.29 bits per heavy atom. The average Bonchev–Trinajstić information content (AvgIpc) is 3.44. The molecule has 4 atom stereocenters. The van der Waals surface area contributed by atoms with Gasteiger partial charge >= 0.3 is 10.2 Å². The summed E-state index contributed by atoms with van der Waals surface area (Å²) in [4.78, 5) is 36.5. The van der Waals surface area contributed by atoms with Crippen molar-refractivity contribution >= 4 is 32.9 Å². The number of rotatable bonds is 8. The van der Waals surface area contributed by atoms with Gasteiger partial charge in [-0.1, -0.05) is 62.6 Å². The number of ether oxygens (including phenoxy) is 1. The van der Waals surface area contributed by atoms with Gasteiger partial charge < -0.3 is 19.1 Å². The molecule has 2 saturated heterocycles. The van der Waals surface area contributed by atoms with Gasteiger partial charge in [-0.3, -0.25) is 14.5 Å². The maximum Gasteiger partial charge on any atom is 0.303 e. The molecule has 56 heavy (non-hydrogen) atoms.